The van der Waals surface area contributed by atoms with Crippen molar-refractivity contribution < 1.29 is 9.47 Å². The van der Waals surface area contributed by atoms with Gasteiger partial charge in [0.05, 0.1) is 24.3 Å². The summed E-state index contributed by atoms with van der Waals surface area (Å²) >= 11 is 1.58. The Labute approximate surface area is 133 Å². The second-order valence-corrected chi connectivity index (χ2v) is 5.53. The third kappa shape index (κ3) is 2.94. The van der Waals surface area contributed by atoms with E-state index in [9.17, 15) is 0 Å². The van der Waals surface area contributed by atoms with Gasteiger partial charge in [-0.1, -0.05) is 6.07 Å². The summed E-state index contributed by atoms with van der Waals surface area (Å²) < 4.78 is 10.9. The second-order valence-electron chi connectivity index (χ2n) is 4.53. The van der Waals surface area contributed by atoms with Gasteiger partial charge in [0, 0.05) is 6.20 Å². The van der Waals surface area contributed by atoms with Crippen molar-refractivity contribution in [3.05, 3.63) is 48.7 Å². The summed E-state index contributed by atoms with van der Waals surface area (Å²) in [7, 11) is 1.66. The van der Waals surface area contributed by atoms with E-state index in [0.717, 1.165) is 26.9 Å². The van der Waals surface area contributed by atoms with Gasteiger partial charge in [-0.25, -0.2) is 0 Å². The minimum atomic E-state index is 0.578. The van der Waals surface area contributed by atoms with Gasteiger partial charge < -0.3 is 9.47 Å². The van der Waals surface area contributed by atoms with Gasteiger partial charge in [-0.15, -0.1) is 11.3 Å². The number of hydrogen-bond acceptors (Lipinski definition) is 5. The molecular weight excluding hydrogens is 296 g/mol. The number of benzene rings is 1. The summed E-state index contributed by atoms with van der Waals surface area (Å²) in [6.07, 6.45) is 1.77. The van der Waals surface area contributed by atoms with E-state index < -0.39 is 0 Å². The quantitative estimate of drug-likeness (QED) is 0.705. The lowest BCUT2D eigenvalue weighted by Gasteiger charge is -2.04. The van der Waals surface area contributed by atoms with Gasteiger partial charge in [0.1, 0.15) is 10.8 Å². The van der Waals surface area contributed by atoms with Gasteiger partial charge in [0.25, 0.3) is 0 Å². The maximum Gasteiger partial charge on any atom is 0.233 e. The van der Waals surface area contributed by atoms with E-state index in [-0.39, 0.29) is 0 Å². The van der Waals surface area contributed by atoms with Crippen LogP contribution in [0.15, 0.2) is 48.7 Å². The average Bonchev–Trinajstić information content (AvgIpc) is 3.00. The van der Waals surface area contributed by atoms with Crippen LogP contribution in [-0.2, 0) is 0 Å². The largest absolute Gasteiger partial charge is 0.497 e. The van der Waals surface area contributed by atoms with Crippen molar-refractivity contribution in [2.75, 3.05) is 13.7 Å². The molecule has 0 unspecified atom stereocenters. The molecule has 5 heteroatoms. The van der Waals surface area contributed by atoms with Gasteiger partial charge >= 0.3 is 0 Å². The van der Waals surface area contributed by atoms with Crippen LogP contribution in [0.2, 0.25) is 0 Å². The molecular formula is C17H16N2O2S. The topological polar surface area (TPSA) is 44.2 Å². The van der Waals surface area contributed by atoms with Crippen molar-refractivity contribution in [1.82, 2.24) is 9.97 Å². The maximum atomic E-state index is 5.69. The molecule has 0 fully saturated rings. The molecule has 0 atom stereocenters. The fourth-order valence-electron chi connectivity index (χ4n) is 2.06. The molecule has 4 nitrogen and oxygen atoms in total. The zero-order valence-electron chi connectivity index (χ0n) is 12.4. The van der Waals surface area contributed by atoms with Crippen LogP contribution in [0.5, 0.6) is 11.6 Å². The molecule has 0 aliphatic carbocycles. The standard InChI is InChI=1S/C17H16N2O2S/c1-3-21-16-15(12-7-9-13(20-2)10-8-12)22-17(19-16)14-6-4-5-11-18-14/h4-11H,3H2,1-2H3. The van der Waals surface area contributed by atoms with E-state index in [4.69, 9.17) is 9.47 Å². The third-order valence-corrected chi connectivity index (χ3v) is 4.22. The molecule has 22 heavy (non-hydrogen) atoms. The van der Waals surface area contributed by atoms with Crippen molar-refractivity contribution >= 4 is 11.3 Å². The molecule has 0 radical (unpaired) electrons. The van der Waals surface area contributed by atoms with Crippen molar-refractivity contribution in [2.45, 2.75) is 6.92 Å². The Morgan fingerprint density at radius 1 is 1.09 bits per heavy atom. The van der Waals surface area contributed by atoms with Crippen LogP contribution in [0.1, 0.15) is 6.92 Å². The number of aromatic nitrogens is 2. The summed E-state index contributed by atoms with van der Waals surface area (Å²) in [5.74, 6) is 1.48. The fourth-order valence-corrected chi connectivity index (χ4v) is 3.06. The first-order valence-electron chi connectivity index (χ1n) is 7.01. The Hall–Kier alpha value is -2.40. The molecule has 3 aromatic rings. The number of hydrogen-bond donors (Lipinski definition) is 0. The Kier molecular flexibility index (Phi) is 4.34. The number of rotatable bonds is 5. The lowest BCUT2D eigenvalue weighted by Crippen LogP contribution is -1.93. The Morgan fingerprint density at radius 3 is 2.55 bits per heavy atom. The van der Waals surface area contributed by atoms with Crippen LogP contribution in [-0.4, -0.2) is 23.7 Å². The molecule has 1 aromatic carbocycles. The van der Waals surface area contributed by atoms with Gasteiger partial charge in [-0.3, -0.25) is 4.98 Å². The summed E-state index contributed by atoms with van der Waals surface area (Å²) in [5.41, 5.74) is 1.91. The first-order valence-corrected chi connectivity index (χ1v) is 7.83. The molecule has 0 saturated carbocycles. The Bertz CT molecular complexity index is 739. The number of ether oxygens (including phenoxy) is 2. The van der Waals surface area contributed by atoms with Crippen molar-refractivity contribution in [3.63, 3.8) is 0 Å². The smallest absolute Gasteiger partial charge is 0.233 e. The van der Waals surface area contributed by atoms with E-state index in [1.807, 2.05) is 49.4 Å². The highest BCUT2D eigenvalue weighted by molar-refractivity contribution is 7.18. The molecule has 0 aliphatic rings. The Morgan fingerprint density at radius 2 is 1.91 bits per heavy atom. The molecule has 0 bridgehead atoms. The van der Waals surface area contributed by atoms with Gasteiger partial charge in [-0.05, 0) is 48.9 Å². The maximum absolute atomic E-state index is 5.69. The van der Waals surface area contributed by atoms with E-state index in [2.05, 4.69) is 9.97 Å². The van der Waals surface area contributed by atoms with Crippen molar-refractivity contribution in [3.8, 4) is 32.8 Å². The van der Waals surface area contributed by atoms with Gasteiger partial charge in [0.15, 0.2) is 0 Å². The second kappa shape index (κ2) is 6.58. The predicted octanol–water partition coefficient (Wildman–Crippen LogP) is 4.28. The summed E-state index contributed by atoms with van der Waals surface area (Å²) in [4.78, 5) is 9.95. The molecule has 2 aromatic heterocycles. The molecule has 112 valence electrons. The third-order valence-electron chi connectivity index (χ3n) is 3.11. The van der Waals surface area contributed by atoms with E-state index >= 15 is 0 Å². The summed E-state index contributed by atoms with van der Waals surface area (Å²) in [5, 5.41) is 0.856. The Balaban J connectivity index is 2.03. The first kappa shape index (κ1) is 14.5. The van der Waals surface area contributed by atoms with Crippen molar-refractivity contribution in [1.29, 1.82) is 0 Å². The first-order chi connectivity index (χ1) is 10.8. The summed E-state index contributed by atoms with van der Waals surface area (Å²) in [6, 6.07) is 13.7. The highest BCUT2D eigenvalue weighted by Gasteiger charge is 2.16. The summed E-state index contributed by atoms with van der Waals surface area (Å²) in [6.45, 7) is 2.53. The predicted molar refractivity (Wildman–Crippen MR) is 88.5 cm³/mol. The highest BCUT2D eigenvalue weighted by atomic mass is 32.1. The van der Waals surface area contributed by atoms with Gasteiger partial charge in [0.2, 0.25) is 5.88 Å². The number of methoxy groups -OCH3 is 1. The van der Waals surface area contributed by atoms with Crippen molar-refractivity contribution in [2.24, 2.45) is 0 Å². The molecule has 0 spiro atoms. The molecule has 0 amide bonds. The van der Waals surface area contributed by atoms with Crippen LogP contribution >= 0.6 is 11.3 Å². The van der Waals surface area contributed by atoms with E-state index in [1.54, 1.807) is 24.6 Å². The van der Waals surface area contributed by atoms with Crippen LogP contribution in [0.3, 0.4) is 0 Å². The minimum absolute atomic E-state index is 0.578. The molecule has 0 N–H and O–H groups in total. The normalized spacial score (nSPS) is 10.5. The number of thiazole rings is 1. The highest BCUT2D eigenvalue weighted by Crippen LogP contribution is 2.39. The zero-order valence-corrected chi connectivity index (χ0v) is 13.3. The number of nitrogens with zero attached hydrogens (tertiary/aromatic N) is 2. The monoisotopic (exact) mass is 312 g/mol. The van der Waals surface area contributed by atoms with Gasteiger partial charge in [-0.2, -0.15) is 4.98 Å². The van der Waals surface area contributed by atoms with E-state index in [1.165, 1.54) is 0 Å². The lowest BCUT2D eigenvalue weighted by atomic mass is 10.2. The van der Waals surface area contributed by atoms with Crippen LogP contribution < -0.4 is 9.47 Å². The van der Waals surface area contributed by atoms with Crippen LogP contribution in [0.25, 0.3) is 21.1 Å². The molecule has 3 rings (SSSR count). The van der Waals surface area contributed by atoms with E-state index in [0.29, 0.717) is 12.5 Å². The fraction of sp³-hybridized carbons (Fsp3) is 0.176. The van der Waals surface area contributed by atoms with Crippen LogP contribution in [0.4, 0.5) is 0 Å². The molecule has 0 aliphatic heterocycles. The number of pyridine rings is 1. The molecule has 0 saturated heterocycles. The lowest BCUT2D eigenvalue weighted by molar-refractivity contribution is 0.330. The molecule has 2 heterocycles. The minimum Gasteiger partial charge on any atom is -0.497 e. The zero-order chi connectivity index (χ0) is 15.4. The average molecular weight is 312 g/mol. The SMILES string of the molecule is CCOc1nc(-c2ccccn2)sc1-c1ccc(OC)cc1. The van der Waals surface area contributed by atoms with Crippen LogP contribution in [0, 0.1) is 0 Å².